The fourth-order valence-electron chi connectivity index (χ4n) is 5.25. The molecule has 1 atom stereocenters. The number of rotatable bonds is 4. The van der Waals surface area contributed by atoms with Gasteiger partial charge < -0.3 is 15.0 Å². The Kier molecular flexibility index (Phi) is 6.36. The summed E-state index contributed by atoms with van der Waals surface area (Å²) in [4.78, 5) is 37.3. The average Bonchev–Trinajstić information content (AvgIpc) is 3.53. The lowest BCUT2D eigenvalue weighted by Crippen LogP contribution is -2.52. The van der Waals surface area contributed by atoms with Crippen molar-refractivity contribution in [1.82, 2.24) is 15.5 Å². The molecule has 178 valence electrons. The van der Waals surface area contributed by atoms with E-state index in [1.165, 1.54) is 43.3 Å². The van der Waals surface area contributed by atoms with Gasteiger partial charge >= 0.3 is 0 Å². The molecular formula is C25H32FN3O4. The van der Waals surface area contributed by atoms with Gasteiger partial charge in [-0.05, 0) is 82.0 Å². The van der Waals surface area contributed by atoms with Crippen molar-refractivity contribution in [1.29, 1.82) is 0 Å². The van der Waals surface area contributed by atoms with E-state index in [-0.39, 0.29) is 54.2 Å². The minimum atomic E-state index is -0.741. The first-order chi connectivity index (χ1) is 16.0. The van der Waals surface area contributed by atoms with Crippen LogP contribution in [-0.4, -0.2) is 47.9 Å². The molecule has 0 radical (unpaired) electrons. The normalized spacial score (nSPS) is 25.7. The second-order valence-corrected chi connectivity index (χ2v) is 9.94. The van der Waals surface area contributed by atoms with Crippen molar-refractivity contribution in [3.63, 3.8) is 0 Å². The Morgan fingerprint density at radius 1 is 0.939 bits per heavy atom. The van der Waals surface area contributed by atoms with Crippen molar-refractivity contribution in [2.75, 3.05) is 13.1 Å². The van der Waals surface area contributed by atoms with Gasteiger partial charge in [-0.1, -0.05) is 6.42 Å². The first-order valence-electron chi connectivity index (χ1n) is 12.3. The van der Waals surface area contributed by atoms with E-state index in [0.29, 0.717) is 0 Å². The first-order valence-corrected chi connectivity index (χ1v) is 12.3. The molecule has 2 saturated carbocycles. The van der Waals surface area contributed by atoms with Crippen LogP contribution < -0.4 is 15.4 Å². The van der Waals surface area contributed by atoms with E-state index in [4.69, 9.17) is 4.74 Å². The molecule has 0 spiro atoms. The van der Waals surface area contributed by atoms with Crippen molar-refractivity contribution >= 4 is 17.7 Å². The molecule has 3 aliphatic heterocycles. The molecule has 2 saturated heterocycles. The van der Waals surface area contributed by atoms with Crippen molar-refractivity contribution in [2.24, 2.45) is 11.8 Å². The van der Waals surface area contributed by atoms with Crippen LogP contribution in [-0.2, 0) is 16.1 Å². The number of hydrogen-bond donors (Lipinski definition) is 2. The van der Waals surface area contributed by atoms with Gasteiger partial charge in [0, 0.05) is 17.5 Å². The molecule has 0 bridgehead atoms. The van der Waals surface area contributed by atoms with E-state index < -0.39 is 17.8 Å². The van der Waals surface area contributed by atoms with E-state index in [1.807, 2.05) is 0 Å². The monoisotopic (exact) mass is 457 g/mol. The fraction of sp³-hybridized carbons (Fsp3) is 0.640. The van der Waals surface area contributed by atoms with E-state index >= 15 is 0 Å². The lowest BCUT2D eigenvalue weighted by Gasteiger charge is -2.29. The Hall–Kier alpha value is -2.48. The number of nitrogens with zero attached hydrogens (tertiary/aromatic N) is 1. The van der Waals surface area contributed by atoms with Crippen LogP contribution in [0.15, 0.2) is 12.1 Å². The summed E-state index contributed by atoms with van der Waals surface area (Å²) in [5, 5.41) is 5.53. The van der Waals surface area contributed by atoms with E-state index in [1.54, 1.807) is 6.07 Å². The quantitative estimate of drug-likeness (QED) is 0.679. The number of ether oxygens (including phenoxy) is 1. The predicted octanol–water partition coefficient (Wildman–Crippen LogP) is 2.91. The number of carbonyl (C=O) groups excluding carboxylic acids is 3. The van der Waals surface area contributed by atoms with E-state index in [2.05, 4.69) is 10.6 Å². The molecule has 4 fully saturated rings. The van der Waals surface area contributed by atoms with Crippen LogP contribution in [0.3, 0.4) is 0 Å². The molecule has 3 amide bonds. The Morgan fingerprint density at radius 2 is 1.70 bits per heavy atom. The summed E-state index contributed by atoms with van der Waals surface area (Å²) in [6, 6.07) is 2.34. The third-order valence-corrected chi connectivity index (χ3v) is 7.56. The van der Waals surface area contributed by atoms with Gasteiger partial charge in [0.2, 0.25) is 11.8 Å². The third-order valence-electron chi connectivity index (χ3n) is 7.56. The van der Waals surface area contributed by atoms with Crippen molar-refractivity contribution < 1.29 is 23.5 Å². The molecule has 33 heavy (non-hydrogen) atoms. The molecule has 1 aromatic carbocycles. The van der Waals surface area contributed by atoms with Crippen LogP contribution in [0, 0.1) is 17.7 Å². The number of benzene rings is 1. The number of amides is 3. The van der Waals surface area contributed by atoms with Crippen LogP contribution in [0.4, 0.5) is 4.39 Å². The van der Waals surface area contributed by atoms with Gasteiger partial charge in [-0.3, -0.25) is 19.7 Å². The third kappa shape index (κ3) is 4.76. The lowest BCUT2D eigenvalue weighted by atomic mass is 9.97. The standard InChI is InChI=1S/C19H21FN2O4.C6H11N/c20-17-13-10-22(14-7-9-16(23)21-18(14)24)19(25)12(13)6-8-15(17)26-11-4-2-1-3-5-11;1-2-5(1)6-3-7-4-6/h6,8,11,14H,1-5,7,9-10H2,(H,21,23,24);5-7H,1-4H2. The number of piperidine rings is 1. The number of carbonyl (C=O) groups is 3. The van der Waals surface area contributed by atoms with Gasteiger partial charge in [0.05, 0.1) is 12.6 Å². The SMILES string of the molecule is C1CC1C1CNC1.O=C1CCC(N2Cc3c(ccc(OC4CCCCC4)c3F)C2=O)C(=O)N1. The molecule has 7 nitrogen and oxygen atoms in total. The molecular weight excluding hydrogens is 425 g/mol. The van der Waals surface area contributed by atoms with Gasteiger partial charge in [-0.15, -0.1) is 0 Å². The van der Waals surface area contributed by atoms with Crippen LogP contribution in [0.1, 0.15) is 73.7 Å². The second kappa shape index (κ2) is 9.41. The van der Waals surface area contributed by atoms with Crippen LogP contribution in [0.5, 0.6) is 5.75 Å². The summed E-state index contributed by atoms with van der Waals surface area (Å²) in [6.45, 7) is 2.64. The molecule has 3 heterocycles. The lowest BCUT2D eigenvalue weighted by molar-refractivity contribution is -0.136. The summed E-state index contributed by atoms with van der Waals surface area (Å²) in [5.41, 5.74) is 0.538. The summed E-state index contributed by atoms with van der Waals surface area (Å²) >= 11 is 0. The minimum Gasteiger partial charge on any atom is -0.487 e. The molecule has 2 aliphatic carbocycles. The van der Waals surface area contributed by atoms with Gasteiger partial charge in [0.25, 0.3) is 5.91 Å². The highest BCUT2D eigenvalue weighted by Crippen LogP contribution is 2.38. The maximum Gasteiger partial charge on any atom is 0.255 e. The zero-order valence-electron chi connectivity index (χ0n) is 18.9. The van der Waals surface area contributed by atoms with Crippen molar-refractivity contribution in [3.8, 4) is 5.75 Å². The summed E-state index contributed by atoms with van der Waals surface area (Å²) in [7, 11) is 0. The molecule has 1 aromatic rings. The van der Waals surface area contributed by atoms with Gasteiger partial charge in [0.15, 0.2) is 11.6 Å². The van der Waals surface area contributed by atoms with Gasteiger partial charge in [-0.2, -0.15) is 0 Å². The fourth-order valence-corrected chi connectivity index (χ4v) is 5.25. The molecule has 1 unspecified atom stereocenters. The summed E-state index contributed by atoms with van der Waals surface area (Å²) < 4.78 is 20.8. The van der Waals surface area contributed by atoms with Crippen molar-refractivity contribution in [3.05, 3.63) is 29.1 Å². The Labute approximate surface area is 193 Å². The second-order valence-electron chi connectivity index (χ2n) is 9.94. The highest BCUT2D eigenvalue weighted by atomic mass is 19.1. The van der Waals surface area contributed by atoms with Gasteiger partial charge in [-0.25, -0.2) is 4.39 Å². The number of hydrogen-bond acceptors (Lipinski definition) is 5. The highest BCUT2D eigenvalue weighted by Gasteiger charge is 2.41. The zero-order chi connectivity index (χ0) is 22.9. The molecule has 2 N–H and O–H groups in total. The van der Waals surface area contributed by atoms with Crippen LogP contribution in [0.25, 0.3) is 0 Å². The topological polar surface area (TPSA) is 87.7 Å². The van der Waals surface area contributed by atoms with Crippen LogP contribution >= 0.6 is 0 Å². The maximum absolute atomic E-state index is 14.9. The first kappa shape index (κ1) is 22.3. The summed E-state index contributed by atoms with van der Waals surface area (Å²) in [6.07, 6.45) is 8.67. The predicted molar refractivity (Wildman–Crippen MR) is 119 cm³/mol. The zero-order valence-corrected chi connectivity index (χ0v) is 18.9. The smallest absolute Gasteiger partial charge is 0.255 e. The summed E-state index contributed by atoms with van der Waals surface area (Å²) in [5.74, 6) is 0.662. The number of halogens is 1. The van der Waals surface area contributed by atoms with Crippen LogP contribution in [0.2, 0.25) is 0 Å². The molecule has 6 rings (SSSR count). The van der Waals surface area contributed by atoms with E-state index in [0.717, 1.165) is 37.5 Å². The minimum absolute atomic E-state index is 0.0136. The van der Waals surface area contributed by atoms with Crippen molar-refractivity contribution in [2.45, 2.75) is 76.5 Å². The largest absolute Gasteiger partial charge is 0.487 e. The number of nitrogens with one attached hydrogen (secondary N) is 2. The van der Waals surface area contributed by atoms with E-state index in [9.17, 15) is 18.8 Å². The molecule has 0 aromatic heterocycles. The Morgan fingerprint density at radius 3 is 2.30 bits per heavy atom. The van der Waals surface area contributed by atoms with Gasteiger partial charge in [0.1, 0.15) is 6.04 Å². The Balaban J connectivity index is 0.000000274. The number of fused-ring (bicyclic) bond motifs is 1. The average molecular weight is 458 g/mol. The molecule has 8 heteroatoms. The highest BCUT2D eigenvalue weighted by molar-refractivity contribution is 6.05. The number of imide groups is 1. The Bertz CT molecular complexity index is 938. The maximum atomic E-state index is 14.9. The molecule has 5 aliphatic rings.